The van der Waals surface area contributed by atoms with Gasteiger partial charge < -0.3 is 4.74 Å². The fourth-order valence-corrected chi connectivity index (χ4v) is 1.13. The van der Waals surface area contributed by atoms with Crippen molar-refractivity contribution in [3.05, 3.63) is 29.8 Å². The molecule has 0 radical (unpaired) electrons. The van der Waals surface area contributed by atoms with Gasteiger partial charge in [0.15, 0.2) is 5.78 Å². The summed E-state index contributed by atoms with van der Waals surface area (Å²) in [5.41, 5.74) is -0.332. The van der Waals surface area contributed by atoms with E-state index in [-0.39, 0.29) is 5.56 Å². The van der Waals surface area contributed by atoms with Gasteiger partial charge in [0.25, 0.3) is 0 Å². The van der Waals surface area contributed by atoms with Crippen molar-refractivity contribution in [1.29, 1.82) is 0 Å². The topological polar surface area (TPSA) is 26.3 Å². The fraction of sp³-hybridized carbons (Fsp3) is 0.300. The van der Waals surface area contributed by atoms with Gasteiger partial charge in [-0.05, 0) is 24.3 Å². The Kier molecular flexibility index (Phi) is 3.88. The van der Waals surface area contributed by atoms with Gasteiger partial charge in [0, 0.05) is 5.56 Å². The Balaban J connectivity index is 2.74. The average Bonchev–Trinajstić information content (AvgIpc) is 2.13. The number of alkyl halides is 6. The van der Waals surface area contributed by atoms with Gasteiger partial charge >= 0.3 is 12.5 Å². The lowest BCUT2D eigenvalue weighted by Crippen LogP contribution is -2.17. The Morgan fingerprint density at radius 1 is 1.00 bits per heavy atom. The quantitative estimate of drug-likeness (QED) is 0.619. The molecular formula is C10H6F6O2. The molecule has 100 valence electrons. The van der Waals surface area contributed by atoms with Crippen molar-refractivity contribution in [2.45, 2.75) is 19.0 Å². The SMILES string of the molecule is O=C(CC(F)(F)F)c1ccc(OC(F)(F)F)cc1. The molecular weight excluding hydrogens is 266 g/mol. The number of benzene rings is 1. The molecule has 0 bridgehead atoms. The van der Waals surface area contributed by atoms with Crippen LogP contribution in [-0.4, -0.2) is 18.3 Å². The number of hydrogen-bond donors (Lipinski definition) is 0. The standard InChI is InChI=1S/C10H6F6O2/c11-9(12,13)5-8(17)6-1-3-7(4-2-6)18-10(14,15)16/h1-4H,5H2. The Labute approximate surface area is 97.2 Å². The van der Waals surface area contributed by atoms with Crippen LogP contribution in [0.15, 0.2) is 24.3 Å². The monoisotopic (exact) mass is 272 g/mol. The molecule has 0 amide bonds. The lowest BCUT2D eigenvalue weighted by molar-refractivity contribution is -0.274. The first-order valence-corrected chi connectivity index (χ1v) is 4.52. The summed E-state index contributed by atoms with van der Waals surface area (Å²) in [6.45, 7) is 0. The molecule has 0 spiro atoms. The second kappa shape index (κ2) is 4.87. The van der Waals surface area contributed by atoms with Crippen LogP contribution in [0.4, 0.5) is 26.3 Å². The molecule has 18 heavy (non-hydrogen) atoms. The largest absolute Gasteiger partial charge is 0.573 e. The molecule has 1 aromatic rings. The van der Waals surface area contributed by atoms with E-state index in [1.807, 2.05) is 0 Å². The minimum atomic E-state index is -4.89. The summed E-state index contributed by atoms with van der Waals surface area (Å²) in [6, 6.07) is 3.23. The van der Waals surface area contributed by atoms with Gasteiger partial charge in [0.05, 0.1) is 0 Å². The predicted octanol–water partition coefficient (Wildman–Crippen LogP) is 3.72. The molecule has 0 N–H and O–H groups in total. The highest BCUT2D eigenvalue weighted by Gasteiger charge is 2.32. The van der Waals surface area contributed by atoms with Crippen molar-refractivity contribution in [2.24, 2.45) is 0 Å². The van der Waals surface area contributed by atoms with Gasteiger partial charge in [-0.2, -0.15) is 13.2 Å². The number of ketones is 1. The zero-order valence-corrected chi connectivity index (χ0v) is 8.60. The summed E-state index contributed by atoms with van der Waals surface area (Å²) >= 11 is 0. The minimum absolute atomic E-state index is 0.332. The summed E-state index contributed by atoms with van der Waals surface area (Å²) in [5, 5.41) is 0. The molecule has 8 heteroatoms. The molecule has 0 unspecified atom stereocenters. The van der Waals surface area contributed by atoms with E-state index in [0.717, 1.165) is 24.3 Å². The van der Waals surface area contributed by atoms with Crippen LogP contribution >= 0.6 is 0 Å². The number of halogens is 6. The van der Waals surface area contributed by atoms with Crippen LogP contribution in [0.5, 0.6) is 5.75 Å². The van der Waals surface area contributed by atoms with Crippen molar-refractivity contribution in [2.75, 3.05) is 0 Å². The van der Waals surface area contributed by atoms with E-state index in [1.165, 1.54) is 0 Å². The molecule has 1 aromatic carbocycles. The zero-order chi connectivity index (χ0) is 14.0. The molecule has 1 rings (SSSR count). The Bertz CT molecular complexity index is 417. The maximum absolute atomic E-state index is 11.9. The van der Waals surface area contributed by atoms with Gasteiger partial charge in [-0.3, -0.25) is 4.79 Å². The smallest absolute Gasteiger partial charge is 0.406 e. The molecule has 0 saturated heterocycles. The first-order chi connectivity index (χ1) is 8.07. The highest BCUT2D eigenvalue weighted by atomic mass is 19.4. The Morgan fingerprint density at radius 2 is 1.50 bits per heavy atom. The van der Waals surface area contributed by atoms with E-state index < -0.39 is 30.5 Å². The summed E-state index contributed by atoms with van der Waals surface area (Å²) in [5.74, 6) is -1.83. The fourth-order valence-electron chi connectivity index (χ4n) is 1.13. The van der Waals surface area contributed by atoms with E-state index in [4.69, 9.17) is 0 Å². The van der Waals surface area contributed by atoms with Crippen molar-refractivity contribution in [1.82, 2.24) is 0 Å². The highest BCUT2D eigenvalue weighted by Crippen LogP contribution is 2.25. The summed E-state index contributed by atoms with van der Waals surface area (Å²) in [6.07, 6.45) is -11.2. The number of hydrogen-bond acceptors (Lipinski definition) is 2. The van der Waals surface area contributed by atoms with Crippen LogP contribution in [0, 0.1) is 0 Å². The van der Waals surface area contributed by atoms with Crippen LogP contribution < -0.4 is 4.74 Å². The highest BCUT2D eigenvalue weighted by molar-refractivity contribution is 5.96. The van der Waals surface area contributed by atoms with E-state index in [0.29, 0.717) is 0 Å². The normalized spacial score (nSPS) is 12.3. The molecule has 0 aliphatic heterocycles. The van der Waals surface area contributed by atoms with Gasteiger partial charge in [0.1, 0.15) is 12.2 Å². The molecule has 0 aromatic heterocycles. The molecule has 0 aliphatic rings. The van der Waals surface area contributed by atoms with E-state index in [1.54, 1.807) is 0 Å². The molecule has 0 fully saturated rings. The third kappa shape index (κ3) is 5.07. The number of ether oxygens (including phenoxy) is 1. The van der Waals surface area contributed by atoms with Crippen molar-refractivity contribution < 1.29 is 35.9 Å². The predicted molar refractivity (Wildman–Crippen MR) is 48.1 cm³/mol. The Morgan fingerprint density at radius 3 is 1.89 bits per heavy atom. The summed E-state index contributed by atoms with van der Waals surface area (Å²) < 4.78 is 74.6. The van der Waals surface area contributed by atoms with Crippen LogP contribution in [0.2, 0.25) is 0 Å². The lowest BCUT2D eigenvalue weighted by Gasteiger charge is -2.09. The van der Waals surface area contributed by atoms with Crippen molar-refractivity contribution in [3.63, 3.8) is 0 Å². The molecule has 0 heterocycles. The summed E-state index contributed by atoms with van der Waals surface area (Å²) in [4.78, 5) is 11.1. The van der Waals surface area contributed by atoms with E-state index in [9.17, 15) is 31.1 Å². The molecule has 0 atom stereocenters. The van der Waals surface area contributed by atoms with Crippen molar-refractivity contribution >= 4 is 5.78 Å². The lowest BCUT2D eigenvalue weighted by atomic mass is 10.1. The van der Waals surface area contributed by atoms with Crippen LogP contribution in [0.25, 0.3) is 0 Å². The maximum Gasteiger partial charge on any atom is 0.573 e. The number of Topliss-reactive ketones (excluding diaryl/α,β-unsaturated/α-hetero) is 1. The van der Waals surface area contributed by atoms with Crippen LogP contribution in [-0.2, 0) is 0 Å². The van der Waals surface area contributed by atoms with Crippen LogP contribution in [0.1, 0.15) is 16.8 Å². The van der Waals surface area contributed by atoms with E-state index >= 15 is 0 Å². The van der Waals surface area contributed by atoms with Crippen LogP contribution in [0.3, 0.4) is 0 Å². The van der Waals surface area contributed by atoms with Gasteiger partial charge in [-0.15, -0.1) is 13.2 Å². The molecule has 0 aliphatic carbocycles. The Hall–Kier alpha value is -1.73. The van der Waals surface area contributed by atoms with Crippen molar-refractivity contribution in [3.8, 4) is 5.75 Å². The van der Waals surface area contributed by atoms with Gasteiger partial charge in [-0.1, -0.05) is 0 Å². The summed E-state index contributed by atoms with van der Waals surface area (Å²) in [7, 11) is 0. The third-order valence-electron chi connectivity index (χ3n) is 1.77. The number of carbonyl (C=O) groups excluding carboxylic acids is 1. The van der Waals surface area contributed by atoms with Gasteiger partial charge in [-0.25, -0.2) is 0 Å². The average molecular weight is 272 g/mol. The molecule has 2 nitrogen and oxygen atoms in total. The zero-order valence-electron chi connectivity index (χ0n) is 8.60. The minimum Gasteiger partial charge on any atom is -0.406 e. The first-order valence-electron chi connectivity index (χ1n) is 4.52. The maximum atomic E-state index is 11.9. The van der Waals surface area contributed by atoms with E-state index in [2.05, 4.69) is 4.74 Å². The number of carbonyl (C=O) groups is 1. The first kappa shape index (κ1) is 14.3. The third-order valence-corrected chi connectivity index (χ3v) is 1.77. The molecule has 0 saturated carbocycles. The van der Waals surface area contributed by atoms with Gasteiger partial charge in [0.2, 0.25) is 0 Å². The second-order valence-electron chi connectivity index (χ2n) is 3.29. The second-order valence-corrected chi connectivity index (χ2v) is 3.29. The number of rotatable bonds is 3.